The smallest absolute Gasteiger partial charge is 0.264 e. The average molecular weight is 385 g/mol. The number of benzene rings is 1. The summed E-state index contributed by atoms with van der Waals surface area (Å²) in [6.07, 6.45) is 3.48. The van der Waals surface area contributed by atoms with Gasteiger partial charge in [0.1, 0.15) is 11.9 Å². The van der Waals surface area contributed by atoms with Gasteiger partial charge in [-0.1, -0.05) is 18.2 Å². The van der Waals surface area contributed by atoms with Crippen LogP contribution in [0.2, 0.25) is 0 Å². The number of fused-ring (bicyclic) bond motifs is 1. The minimum atomic E-state index is -0.611. The van der Waals surface area contributed by atoms with Crippen molar-refractivity contribution in [3.05, 3.63) is 53.4 Å². The first-order chi connectivity index (χ1) is 12.9. The number of ether oxygens (including phenoxy) is 2. The van der Waals surface area contributed by atoms with Gasteiger partial charge < -0.3 is 18.9 Å². The number of rotatable bonds is 5. The number of imidazole rings is 1. The topological polar surface area (TPSA) is 56.6 Å². The number of carbonyl (C=O) groups is 1. The summed E-state index contributed by atoms with van der Waals surface area (Å²) >= 11 is 1.52. The highest BCUT2D eigenvalue weighted by Crippen LogP contribution is 2.28. The molecule has 0 aliphatic carbocycles. The van der Waals surface area contributed by atoms with Gasteiger partial charge in [0.05, 0.1) is 24.6 Å². The molecule has 6 nitrogen and oxygen atoms in total. The number of carbonyl (C=O) groups excluding carboxylic acids is 1. The molecule has 1 amide bonds. The molecule has 7 heteroatoms. The van der Waals surface area contributed by atoms with Crippen LogP contribution < -0.4 is 0 Å². The summed E-state index contributed by atoms with van der Waals surface area (Å²) in [5, 5.41) is 1.09. The standard InChI is InChI=1S/C20H23N3O3S/c1-20(2)25-13-15(26-20)11-23(12-18-21-8-9-22(18)3)19(24)17-10-14-6-4-5-7-16(14)27-17/h4-10,15H,11-13H2,1-3H3/t15-/m1/s1. The molecule has 3 aromatic rings. The Kier molecular flexibility index (Phi) is 4.75. The van der Waals surface area contributed by atoms with Crippen molar-refractivity contribution < 1.29 is 14.3 Å². The van der Waals surface area contributed by atoms with Crippen LogP contribution in [0.3, 0.4) is 0 Å². The first-order valence-corrected chi connectivity index (χ1v) is 9.79. The summed E-state index contributed by atoms with van der Waals surface area (Å²) in [6, 6.07) is 10.0. The normalized spacial score (nSPS) is 18.9. The van der Waals surface area contributed by atoms with Crippen LogP contribution in [0, 0.1) is 0 Å². The van der Waals surface area contributed by atoms with E-state index in [0.29, 0.717) is 19.7 Å². The third-order valence-electron chi connectivity index (χ3n) is 4.67. The van der Waals surface area contributed by atoms with Gasteiger partial charge >= 0.3 is 0 Å². The van der Waals surface area contributed by atoms with Gasteiger partial charge in [-0.2, -0.15) is 0 Å². The van der Waals surface area contributed by atoms with Crippen molar-refractivity contribution in [3.8, 4) is 0 Å². The average Bonchev–Trinajstić information content (AvgIpc) is 3.32. The van der Waals surface area contributed by atoms with Crippen LogP contribution in [0.4, 0.5) is 0 Å². The van der Waals surface area contributed by atoms with Gasteiger partial charge in [-0.25, -0.2) is 4.98 Å². The van der Waals surface area contributed by atoms with E-state index in [1.54, 1.807) is 6.20 Å². The van der Waals surface area contributed by atoms with Gasteiger partial charge in [0.15, 0.2) is 5.79 Å². The van der Waals surface area contributed by atoms with Crippen molar-refractivity contribution in [1.29, 1.82) is 0 Å². The third kappa shape index (κ3) is 3.90. The van der Waals surface area contributed by atoms with Crippen LogP contribution in [0.15, 0.2) is 42.7 Å². The first-order valence-electron chi connectivity index (χ1n) is 8.97. The minimum absolute atomic E-state index is 0.00694. The zero-order chi connectivity index (χ0) is 19.0. The van der Waals surface area contributed by atoms with Gasteiger partial charge in [0.2, 0.25) is 0 Å². The van der Waals surface area contributed by atoms with Crippen molar-refractivity contribution in [2.75, 3.05) is 13.2 Å². The quantitative estimate of drug-likeness (QED) is 0.675. The molecule has 27 heavy (non-hydrogen) atoms. The molecule has 1 aliphatic heterocycles. The maximum atomic E-state index is 13.3. The van der Waals surface area contributed by atoms with E-state index in [9.17, 15) is 4.79 Å². The lowest BCUT2D eigenvalue weighted by Gasteiger charge is -2.25. The SMILES string of the molecule is Cn1ccnc1CN(C[C@@H]1COC(C)(C)O1)C(=O)c1cc2ccccc2s1. The maximum absolute atomic E-state index is 13.3. The molecule has 0 unspecified atom stereocenters. The van der Waals surface area contributed by atoms with Crippen molar-refractivity contribution in [1.82, 2.24) is 14.5 Å². The number of hydrogen-bond donors (Lipinski definition) is 0. The summed E-state index contributed by atoms with van der Waals surface area (Å²) in [4.78, 5) is 20.2. The zero-order valence-corrected chi connectivity index (χ0v) is 16.5. The van der Waals surface area contributed by atoms with Gasteiger partial charge in [0, 0.05) is 24.1 Å². The number of hydrogen-bond acceptors (Lipinski definition) is 5. The second-order valence-corrected chi connectivity index (χ2v) is 8.32. The van der Waals surface area contributed by atoms with Crippen molar-refractivity contribution in [3.63, 3.8) is 0 Å². The highest BCUT2D eigenvalue weighted by Gasteiger charge is 2.35. The van der Waals surface area contributed by atoms with Crippen molar-refractivity contribution >= 4 is 27.3 Å². The van der Waals surface area contributed by atoms with E-state index in [4.69, 9.17) is 9.47 Å². The lowest BCUT2D eigenvalue weighted by Crippen LogP contribution is -2.39. The molecule has 3 heterocycles. The van der Waals surface area contributed by atoms with E-state index in [1.165, 1.54) is 11.3 Å². The van der Waals surface area contributed by atoms with Crippen LogP contribution >= 0.6 is 11.3 Å². The Labute approximate surface area is 162 Å². The van der Waals surface area contributed by atoms with E-state index in [2.05, 4.69) is 4.98 Å². The fraction of sp³-hybridized carbons (Fsp3) is 0.400. The number of nitrogens with zero attached hydrogens (tertiary/aromatic N) is 3. The number of amides is 1. The lowest BCUT2D eigenvalue weighted by atomic mass is 10.2. The molecular formula is C20H23N3O3S. The Balaban J connectivity index is 1.59. The van der Waals surface area contributed by atoms with Crippen LogP contribution in [0.25, 0.3) is 10.1 Å². The van der Waals surface area contributed by atoms with Gasteiger partial charge in [-0.15, -0.1) is 11.3 Å². The van der Waals surface area contributed by atoms with Crippen molar-refractivity contribution in [2.24, 2.45) is 7.05 Å². The maximum Gasteiger partial charge on any atom is 0.264 e. The Hall–Kier alpha value is -2.22. The molecule has 2 aromatic heterocycles. The minimum Gasteiger partial charge on any atom is -0.348 e. The Morgan fingerprint density at radius 1 is 1.41 bits per heavy atom. The zero-order valence-electron chi connectivity index (χ0n) is 15.7. The van der Waals surface area contributed by atoms with E-state index >= 15 is 0 Å². The molecule has 0 N–H and O–H groups in total. The third-order valence-corrected chi connectivity index (χ3v) is 5.77. The summed E-state index contributed by atoms with van der Waals surface area (Å²) < 4.78 is 14.6. The molecule has 142 valence electrons. The van der Waals surface area contributed by atoms with Gasteiger partial charge in [-0.05, 0) is 31.4 Å². The predicted octanol–water partition coefficient (Wildman–Crippen LogP) is 3.43. The highest BCUT2D eigenvalue weighted by molar-refractivity contribution is 7.20. The summed E-state index contributed by atoms with van der Waals surface area (Å²) in [7, 11) is 1.93. The number of aryl methyl sites for hydroxylation is 1. The van der Waals surface area contributed by atoms with Gasteiger partial charge in [0.25, 0.3) is 5.91 Å². The molecule has 1 aromatic carbocycles. The Morgan fingerprint density at radius 3 is 2.89 bits per heavy atom. The van der Waals surface area contributed by atoms with Crippen LogP contribution in [-0.2, 0) is 23.1 Å². The molecular weight excluding hydrogens is 362 g/mol. The Bertz CT molecular complexity index is 929. The fourth-order valence-corrected chi connectivity index (χ4v) is 4.31. The second-order valence-electron chi connectivity index (χ2n) is 7.24. The summed E-state index contributed by atoms with van der Waals surface area (Å²) in [5.41, 5.74) is 0. The second kappa shape index (κ2) is 7.07. The molecule has 4 rings (SSSR count). The summed E-state index contributed by atoms with van der Waals surface area (Å²) in [6.45, 7) is 5.15. The molecule has 1 atom stereocenters. The van der Waals surface area contributed by atoms with Crippen LogP contribution in [0.1, 0.15) is 29.3 Å². The van der Waals surface area contributed by atoms with E-state index in [0.717, 1.165) is 20.8 Å². The molecule has 0 spiro atoms. The lowest BCUT2D eigenvalue weighted by molar-refractivity contribution is -0.139. The number of aromatic nitrogens is 2. The van der Waals surface area contributed by atoms with E-state index in [1.807, 2.05) is 66.9 Å². The van der Waals surface area contributed by atoms with Crippen molar-refractivity contribution in [2.45, 2.75) is 32.3 Å². The van der Waals surface area contributed by atoms with E-state index < -0.39 is 5.79 Å². The number of thiophene rings is 1. The fourth-order valence-electron chi connectivity index (χ4n) is 3.28. The monoisotopic (exact) mass is 385 g/mol. The molecule has 1 saturated heterocycles. The molecule has 1 aliphatic rings. The Morgan fingerprint density at radius 2 is 2.22 bits per heavy atom. The summed E-state index contributed by atoms with van der Waals surface area (Å²) in [5.74, 6) is 0.218. The predicted molar refractivity (Wildman–Crippen MR) is 105 cm³/mol. The molecule has 0 radical (unpaired) electrons. The molecule has 1 fully saturated rings. The van der Waals surface area contributed by atoms with Crippen LogP contribution in [-0.4, -0.2) is 45.4 Å². The van der Waals surface area contributed by atoms with Crippen LogP contribution in [0.5, 0.6) is 0 Å². The van der Waals surface area contributed by atoms with Gasteiger partial charge in [-0.3, -0.25) is 4.79 Å². The molecule has 0 bridgehead atoms. The largest absolute Gasteiger partial charge is 0.348 e. The van der Waals surface area contributed by atoms with E-state index in [-0.39, 0.29) is 12.0 Å². The highest BCUT2D eigenvalue weighted by atomic mass is 32.1. The molecule has 0 saturated carbocycles. The first kappa shape index (κ1) is 18.2.